The Balaban J connectivity index is 1.89. The summed E-state index contributed by atoms with van der Waals surface area (Å²) in [6.07, 6.45) is 3.47. The lowest BCUT2D eigenvalue weighted by molar-refractivity contribution is 0.0331. The molecule has 0 saturated heterocycles. The van der Waals surface area contributed by atoms with E-state index in [4.69, 9.17) is 4.42 Å². The van der Waals surface area contributed by atoms with Gasteiger partial charge in [-0.2, -0.15) is 0 Å². The third-order valence-electron chi connectivity index (χ3n) is 2.59. The molecule has 0 aliphatic carbocycles. The zero-order chi connectivity index (χ0) is 12.3. The van der Waals surface area contributed by atoms with Gasteiger partial charge in [0, 0.05) is 18.9 Å². The van der Waals surface area contributed by atoms with Crippen LogP contribution in [-0.2, 0) is 12.1 Å². The molecule has 2 aromatic rings. The monoisotopic (exact) mass is 235 g/mol. The van der Waals surface area contributed by atoms with Gasteiger partial charge in [-0.25, -0.2) is 4.98 Å². The summed E-state index contributed by atoms with van der Waals surface area (Å²) < 4.78 is 5.42. The van der Waals surface area contributed by atoms with Crippen LogP contribution in [-0.4, -0.2) is 21.6 Å². The standard InChI is InChI=1S/C12H17N3O2/c1-9-3-4-10(17-9)12(2,16)8-13-7-11-14-5-6-15-11/h3-6,13,16H,7-8H2,1-2H3,(H,14,15). The number of H-pyrrole nitrogens is 1. The Morgan fingerprint density at radius 3 is 2.94 bits per heavy atom. The van der Waals surface area contributed by atoms with Crippen molar-refractivity contribution in [1.82, 2.24) is 15.3 Å². The van der Waals surface area contributed by atoms with Crippen molar-refractivity contribution in [3.05, 3.63) is 41.9 Å². The van der Waals surface area contributed by atoms with Crippen LogP contribution in [0.1, 0.15) is 24.3 Å². The van der Waals surface area contributed by atoms with E-state index in [2.05, 4.69) is 15.3 Å². The highest BCUT2D eigenvalue weighted by molar-refractivity contribution is 5.12. The molecule has 0 bridgehead atoms. The summed E-state index contributed by atoms with van der Waals surface area (Å²) in [5.41, 5.74) is -1.01. The van der Waals surface area contributed by atoms with Crippen LogP contribution in [0, 0.1) is 6.92 Å². The molecule has 0 aliphatic rings. The van der Waals surface area contributed by atoms with E-state index in [0.717, 1.165) is 11.6 Å². The van der Waals surface area contributed by atoms with E-state index >= 15 is 0 Å². The molecule has 2 rings (SSSR count). The first-order valence-corrected chi connectivity index (χ1v) is 5.56. The molecular weight excluding hydrogens is 218 g/mol. The SMILES string of the molecule is Cc1ccc(C(C)(O)CNCc2ncc[nH]2)o1. The van der Waals surface area contributed by atoms with Crippen molar-refractivity contribution >= 4 is 0 Å². The number of hydrogen-bond donors (Lipinski definition) is 3. The van der Waals surface area contributed by atoms with Gasteiger partial charge in [-0.05, 0) is 26.0 Å². The predicted molar refractivity (Wildman–Crippen MR) is 63.3 cm³/mol. The Bertz CT molecular complexity index is 460. The Labute approximate surface area is 99.9 Å². The van der Waals surface area contributed by atoms with Gasteiger partial charge in [0.1, 0.15) is 22.9 Å². The number of nitrogens with one attached hydrogen (secondary N) is 2. The third kappa shape index (κ3) is 2.95. The van der Waals surface area contributed by atoms with Gasteiger partial charge >= 0.3 is 0 Å². The average molecular weight is 235 g/mol. The van der Waals surface area contributed by atoms with Crippen molar-refractivity contribution in [1.29, 1.82) is 0 Å². The third-order valence-corrected chi connectivity index (χ3v) is 2.59. The van der Waals surface area contributed by atoms with Gasteiger partial charge in [-0.3, -0.25) is 0 Å². The normalized spacial score (nSPS) is 14.8. The minimum atomic E-state index is -1.01. The highest BCUT2D eigenvalue weighted by Crippen LogP contribution is 2.21. The molecule has 5 nitrogen and oxygen atoms in total. The van der Waals surface area contributed by atoms with Crippen molar-refractivity contribution in [2.75, 3.05) is 6.54 Å². The van der Waals surface area contributed by atoms with E-state index in [1.165, 1.54) is 0 Å². The number of aromatic amines is 1. The van der Waals surface area contributed by atoms with Gasteiger partial charge in [0.05, 0.1) is 6.54 Å². The van der Waals surface area contributed by atoms with Crippen LogP contribution in [0.25, 0.3) is 0 Å². The number of rotatable bonds is 5. The number of aliphatic hydroxyl groups is 1. The number of nitrogens with zero attached hydrogens (tertiary/aromatic N) is 1. The number of aromatic nitrogens is 2. The largest absolute Gasteiger partial charge is 0.463 e. The molecule has 0 aromatic carbocycles. The molecule has 0 spiro atoms. The Kier molecular flexibility index (Phi) is 3.31. The molecule has 17 heavy (non-hydrogen) atoms. The maximum absolute atomic E-state index is 10.2. The van der Waals surface area contributed by atoms with Gasteiger partial charge in [0.15, 0.2) is 0 Å². The van der Waals surface area contributed by atoms with E-state index in [1.807, 2.05) is 13.0 Å². The number of aryl methyl sites for hydroxylation is 1. The second-order valence-electron chi connectivity index (χ2n) is 4.32. The average Bonchev–Trinajstić information content (AvgIpc) is 2.89. The van der Waals surface area contributed by atoms with E-state index in [-0.39, 0.29) is 0 Å². The van der Waals surface area contributed by atoms with Gasteiger partial charge in [0.2, 0.25) is 0 Å². The topological polar surface area (TPSA) is 74.1 Å². The quantitative estimate of drug-likeness (QED) is 0.730. The lowest BCUT2D eigenvalue weighted by Gasteiger charge is -2.21. The Morgan fingerprint density at radius 1 is 1.53 bits per heavy atom. The first-order chi connectivity index (χ1) is 8.08. The zero-order valence-corrected chi connectivity index (χ0v) is 10.0. The lowest BCUT2D eigenvalue weighted by atomic mass is 10.0. The minimum Gasteiger partial charge on any atom is -0.463 e. The fourth-order valence-electron chi connectivity index (χ4n) is 1.63. The van der Waals surface area contributed by atoms with E-state index < -0.39 is 5.60 Å². The molecule has 0 fully saturated rings. The highest BCUT2D eigenvalue weighted by atomic mass is 16.4. The zero-order valence-electron chi connectivity index (χ0n) is 10.0. The first-order valence-electron chi connectivity index (χ1n) is 5.56. The summed E-state index contributed by atoms with van der Waals surface area (Å²) in [6, 6.07) is 3.64. The molecule has 0 saturated carbocycles. The van der Waals surface area contributed by atoms with Crippen LogP contribution in [0.2, 0.25) is 0 Å². The number of furan rings is 1. The number of imidazole rings is 1. The Hall–Kier alpha value is -1.59. The van der Waals surface area contributed by atoms with Gasteiger partial charge in [0.25, 0.3) is 0 Å². The minimum absolute atomic E-state index is 0.403. The molecule has 0 radical (unpaired) electrons. The molecule has 1 atom stereocenters. The predicted octanol–water partition coefficient (Wildman–Crippen LogP) is 1.31. The van der Waals surface area contributed by atoms with Crippen LogP contribution in [0.3, 0.4) is 0 Å². The van der Waals surface area contributed by atoms with Crippen molar-refractivity contribution in [3.63, 3.8) is 0 Å². The summed E-state index contributed by atoms with van der Waals surface area (Å²) in [5, 5.41) is 13.4. The van der Waals surface area contributed by atoms with Gasteiger partial charge < -0.3 is 19.8 Å². The molecule has 5 heteroatoms. The second-order valence-corrected chi connectivity index (χ2v) is 4.32. The maximum Gasteiger partial charge on any atom is 0.136 e. The molecule has 3 N–H and O–H groups in total. The van der Waals surface area contributed by atoms with Crippen LogP contribution in [0.15, 0.2) is 28.9 Å². The first kappa shape index (κ1) is 11.9. The summed E-state index contributed by atoms with van der Waals surface area (Å²) in [4.78, 5) is 7.08. The fourth-order valence-corrected chi connectivity index (χ4v) is 1.63. The van der Waals surface area contributed by atoms with Crippen molar-refractivity contribution in [2.24, 2.45) is 0 Å². The molecular formula is C12H17N3O2. The fraction of sp³-hybridized carbons (Fsp3) is 0.417. The van der Waals surface area contributed by atoms with Crippen molar-refractivity contribution < 1.29 is 9.52 Å². The van der Waals surface area contributed by atoms with Crippen molar-refractivity contribution in [3.8, 4) is 0 Å². The summed E-state index contributed by atoms with van der Waals surface area (Å²) >= 11 is 0. The van der Waals surface area contributed by atoms with Crippen LogP contribution >= 0.6 is 0 Å². The van der Waals surface area contributed by atoms with E-state index in [0.29, 0.717) is 18.8 Å². The summed E-state index contributed by atoms with van der Waals surface area (Å²) in [6.45, 7) is 4.57. The molecule has 2 heterocycles. The van der Waals surface area contributed by atoms with Crippen LogP contribution in [0.4, 0.5) is 0 Å². The smallest absolute Gasteiger partial charge is 0.136 e. The highest BCUT2D eigenvalue weighted by Gasteiger charge is 2.26. The molecule has 1 unspecified atom stereocenters. The molecule has 0 aliphatic heterocycles. The summed E-state index contributed by atoms with van der Waals surface area (Å²) in [5.74, 6) is 2.21. The van der Waals surface area contributed by atoms with Crippen LogP contribution in [0.5, 0.6) is 0 Å². The van der Waals surface area contributed by atoms with Crippen molar-refractivity contribution in [2.45, 2.75) is 26.0 Å². The van der Waals surface area contributed by atoms with Crippen LogP contribution < -0.4 is 5.32 Å². The summed E-state index contributed by atoms with van der Waals surface area (Å²) in [7, 11) is 0. The number of hydrogen-bond acceptors (Lipinski definition) is 4. The van der Waals surface area contributed by atoms with E-state index in [1.54, 1.807) is 25.4 Å². The maximum atomic E-state index is 10.2. The van der Waals surface area contributed by atoms with Gasteiger partial charge in [-0.1, -0.05) is 0 Å². The lowest BCUT2D eigenvalue weighted by Crippen LogP contribution is -2.35. The molecule has 2 aromatic heterocycles. The van der Waals surface area contributed by atoms with E-state index in [9.17, 15) is 5.11 Å². The molecule has 0 amide bonds. The molecule has 92 valence electrons. The van der Waals surface area contributed by atoms with Gasteiger partial charge in [-0.15, -0.1) is 0 Å². The Morgan fingerprint density at radius 2 is 2.35 bits per heavy atom. The second kappa shape index (κ2) is 4.73.